The van der Waals surface area contributed by atoms with Crippen LogP contribution in [-0.2, 0) is 0 Å². The van der Waals surface area contributed by atoms with Gasteiger partial charge in [0.2, 0.25) is 0 Å². The van der Waals surface area contributed by atoms with Crippen LogP contribution in [0, 0.1) is 0 Å². The molecule has 14 heavy (non-hydrogen) atoms. The van der Waals surface area contributed by atoms with E-state index in [2.05, 4.69) is 5.32 Å². The molecule has 0 amide bonds. The van der Waals surface area contributed by atoms with E-state index in [4.69, 9.17) is 27.4 Å². The average molecular weight is 208 g/mol. The Kier molecular flexibility index (Phi) is 17.6. The molecule has 0 bridgehead atoms. The van der Waals surface area contributed by atoms with E-state index in [1.54, 1.807) is 0 Å². The van der Waals surface area contributed by atoms with Crippen LogP contribution in [0.15, 0.2) is 0 Å². The fourth-order valence-electron chi connectivity index (χ4n) is 0.616. The maximum Gasteiger partial charge on any atom is 0.0674 e. The molecule has 0 fully saturated rings. The zero-order chi connectivity index (χ0) is 11.2. The van der Waals surface area contributed by atoms with E-state index in [9.17, 15) is 0 Å². The van der Waals surface area contributed by atoms with Crippen LogP contribution in [0.1, 0.15) is 6.42 Å². The van der Waals surface area contributed by atoms with Crippen LogP contribution in [0.5, 0.6) is 0 Å². The second-order valence-corrected chi connectivity index (χ2v) is 2.73. The van der Waals surface area contributed by atoms with E-state index >= 15 is 0 Å². The molecule has 6 heteroatoms. The lowest BCUT2D eigenvalue weighted by atomic mass is 10.3. The molecule has 0 rings (SSSR count). The van der Waals surface area contributed by atoms with Crippen LogP contribution < -0.4 is 22.5 Å². The molecule has 1 unspecified atom stereocenters. The molecule has 0 aromatic carbocycles. The Balaban J connectivity index is 0. The highest BCUT2D eigenvalue weighted by atomic mass is 16.3. The van der Waals surface area contributed by atoms with Gasteiger partial charge in [-0.1, -0.05) is 0 Å². The predicted molar refractivity (Wildman–Crippen MR) is 57.7 cm³/mol. The SMILES string of the molecule is NCCC(O)CN.NCCNCCO. The van der Waals surface area contributed by atoms with Crippen molar-refractivity contribution in [3.63, 3.8) is 0 Å². The van der Waals surface area contributed by atoms with E-state index in [1.165, 1.54) is 0 Å². The first-order chi connectivity index (χ1) is 6.72. The van der Waals surface area contributed by atoms with Crippen LogP contribution >= 0.6 is 0 Å². The molecule has 9 N–H and O–H groups in total. The minimum Gasteiger partial charge on any atom is -0.395 e. The fraction of sp³-hybridized carbons (Fsp3) is 1.00. The van der Waals surface area contributed by atoms with Crippen molar-refractivity contribution in [1.29, 1.82) is 0 Å². The first-order valence-electron chi connectivity index (χ1n) is 4.82. The van der Waals surface area contributed by atoms with E-state index in [-0.39, 0.29) is 6.61 Å². The molecule has 0 aromatic rings. The van der Waals surface area contributed by atoms with E-state index < -0.39 is 6.10 Å². The number of nitrogens with two attached hydrogens (primary N) is 3. The summed E-state index contributed by atoms with van der Waals surface area (Å²) in [5, 5.41) is 19.8. The molecule has 0 aromatic heterocycles. The standard InChI is InChI=1S/2C4H12N2O/c5-1-2-6-3-4-7;5-2-1-4(7)3-6/h6-7H,1-5H2;4,7H,1-3,5-6H2. The van der Waals surface area contributed by atoms with Crippen molar-refractivity contribution in [2.45, 2.75) is 12.5 Å². The quantitative estimate of drug-likeness (QED) is 0.250. The van der Waals surface area contributed by atoms with Crippen molar-refractivity contribution in [3.05, 3.63) is 0 Å². The van der Waals surface area contributed by atoms with Crippen molar-refractivity contribution in [3.8, 4) is 0 Å². The zero-order valence-corrected chi connectivity index (χ0v) is 8.65. The monoisotopic (exact) mass is 208 g/mol. The molecule has 0 aliphatic carbocycles. The van der Waals surface area contributed by atoms with Crippen molar-refractivity contribution in [1.82, 2.24) is 5.32 Å². The Morgan fingerprint density at radius 3 is 2.00 bits per heavy atom. The smallest absolute Gasteiger partial charge is 0.0674 e. The lowest BCUT2D eigenvalue weighted by molar-refractivity contribution is 0.175. The molecular formula is C8H24N4O2. The summed E-state index contributed by atoms with van der Waals surface area (Å²) in [6.45, 7) is 3.10. The van der Waals surface area contributed by atoms with Crippen LogP contribution in [0.4, 0.5) is 0 Å². The molecule has 0 saturated heterocycles. The van der Waals surface area contributed by atoms with Gasteiger partial charge in [-0.15, -0.1) is 0 Å². The topological polar surface area (TPSA) is 131 Å². The van der Waals surface area contributed by atoms with Gasteiger partial charge in [0, 0.05) is 26.2 Å². The summed E-state index contributed by atoms with van der Waals surface area (Å²) in [4.78, 5) is 0. The third-order valence-electron chi connectivity index (χ3n) is 1.38. The lowest BCUT2D eigenvalue weighted by Crippen LogP contribution is -2.24. The summed E-state index contributed by atoms with van der Waals surface area (Å²) in [6.07, 6.45) is 0.209. The van der Waals surface area contributed by atoms with Gasteiger partial charge in [0.15, 0.2) is 0 Å². The van der Waals surface area contributed by atoms with Crippen molar-refractivity contribution >= 4 is 0 Å². The van der Waals surface area contributed by atoms with E-state index in [0.29, 0.717) is 32.6 Å². The van der Waals surface area contributed by atoms with Crippen LogP contribution in [0.2, 0.25) is 0 Å². The molecular weight excluding hydrogens is 184 g/mol. The van der Waals surface area contributed by atoms with Crippen molar-refractivity contribution in [2.75, 3.05) is 39.3 Å². The predicted octanol–water partition coefficient (Wildman–Crippen LogP) is -2.82. The van der Waals surface area contributed by atoms with Gasteiger partial charge in [-0.2, -0.15) is 0 Å². The van der Waals surface area contributed by atoms with Gasteiger partial charge in [-0.05, 0) is 13.0 Å². The van der Waals surface area contributed by atoms with Gasteiger partial charge in [0.25, 0.3) is 0 Å². The Labute approximate surface area is 85.5 Å². The third kappa shape index (κ3) is 17.7. The summed E-state index contributed by atoms with van der Waals surface area (Å²) >= 11 is 0. The molecule has 88 valence electrons. The van der Waals surface area contributed by atoms with Gasteiger partial charge in [0.05, 0.1) is 12.7 Å². The first kappa shape index (κ1) is 16.2. The highest BCUT2D eigenvalue weighted by Gasteiger charge is 1.95. The molecule has 0 radical (unpaired) electrons. The maximum absolute atomic E-state index is 8.65. The van der Waals surface area contributed by atoms with E-state index in [0.717, 1.165) is 6.54 Å². The molecule has 0 heterocycles. The number of aliphatic hydroxyl groups is 2. The van der Waals surface area contributed by atoms with Gasteiger partial charge in [-0.3, -0.25) is 0 Å². The van der Waals surface area contributed by atoms with Crippen LogP contribution in [-0.4, -0.2) is 55.6 Å². The van der Waals surface area contributed by atoms with E-state index in [1.807, 2.05) is 0 Å². The molecule has 1 atom stereocenters. The van der Waals surface area contributed by atoms with Crippen molar-refractivity contribution < 1.29 is 10.2 Å². The summed E-state index contributed by atoms with van der Waals surface area (Å²) in [5.74, 6) is 0. The van der Waals surface area contributed by atoms with Gasteiger partial charge >= 0.3 is 0 Å². The Bertz CT molecular complexity index is 91.4. The summed E-state index contributed by atoms with van der Waals surface area (Å²) in [6, 6.07) is 0. The highest BCUT2D eigenvalue weighted by molar-refractivity contribution is 4.53. The normalized spacial score (nSPS) is 11.8. The molecule has 6 nitrogen and oxygen atoms in total. The van der Waals surface area contributed by atoms with Crippen molar-refractivity contribution in [2.24, 2.45) is 17.2 Å². The molecule has 0 aliphatic rings. The average Bonchev–Trinajstić information content (AvgIpc) is 2.20. The largest absolute Gasteiger partial charge is 0.395 e. The fourth-order valence-corrected chi connectivity index (χ4v) is 0.616. The van der Waals surface area contributed by atoms with Crippen LogP contribution in [0.25, 0.3) is 0 Å². The minimum atomic E-state index is -0.398. The Morgan fingerprint density at radius 2 is 1.71 bits per heavy atom. The third-order valence-corrected chi connectivity index (χ3v) is 1.38. The Morgan fingerprint density at radius 1 is 1.07 bits per heavy atom. The second kappa shape index (κ2) is 15.2. The Hall–Kier alpha value is -0.240. The maximum atomic E-state index is 8.65. The summed E-state index contributed by atoms with van der Waals surface area (Å²) in [5.41, 5.74) is 15.3. The van der Waals surface area contributed by atoms with Gasteiger partial charge in [0.1, 0.15) is 0 Å². The van der Waals surface area contributed by atoms with Gasteiger partial charge in [-0.25, -0.2) is 0 Å². The molecule has 0 saturated carbocycles. The number of aliphatic hydroxyl groups excluding tert-OH is 2. The second-order valence-electron chi connectivity index (χ2n) is 2.73. The van der Waals surface area contributed by atoms with Gasteiger partial charge < -0.3 is 32.7 Å². The summed E-state index contributed by atoms with van der Waals surface area (Å²) < 4.78 is 0. The zero-order valence-electron chi connectivity index (χ0n) is 8.65. The van der Waals surface area contributed by atoms with Crippen LogP contribution in [0.3, 0.4) is 0 Å². The number of hydrogen-bond donors (Lipinski definition) is 6. The number of hydrogen-bond acceptors (Lipinski definition) is 6. The molecule has 0 aliphatic heterocycles. The lowest BCUT2D eigenvalue weighted by Gasteiger charge is -2.01. The number of rotatable bonds is 7. The minimum absolute atomic E-state index is 0.194. The highest BCUT2D eigenvalue weighted by Crippen LogP contribution is 1.81. The summed E-state index contributed by atoms with van der Waals surface area (Å²) in [7, 11) is 0. The first-order valence-corrected chi connectivity index (χ1v) is 4.82. The number of nitrogens with one attached hydrogen (secondary N) is 1. The molecule has 0 spiro atoms.